The van der Waals surface area contributed by atoms with E-state index in [1.807, 2.05) is 23.2 Å². The minimum Gasteiger partial charge on any atom is -0.327 e. The summed E-state index contributed by atoms with van der Waals surface area (Å²) >= 11 is 3.21. The summed E-state index contributed by atoms with van der Waals surface area (Å²) in [6, 6.07) is -0.0953. The molecule has 1 fully saturated rings. The van der Waals surface area contributed by atoms with Crippen LogP contribution in [0.25, 0.3) is 0 Å². The predicted octanol–water partition coefficient (Wildman–Crippen LogP) is 0.176. The topological polar surface area (TPSA) is 46.4 Å². The summed E-state index contributed by atoms with van der Waals surface area (Å²) in [6.45, 7) is 0. The van der Waals surface area contributed by atoms with Crippen LogP contribution in [0.2, 0.25) is 0 Å². The van der Waals surface area contributed by atoms with Crippen LogP contribution >= 0.6 is 23.1 Å². The highest BCUT2D eigenvalue weighted by molar-refractivity contribution is 7.99. The summed E-state index contributed by atoms with van der Waals surface area (Å²) in [4.78, 5) is 16.4. The Labute approximate surface area is 90.1 Å². The molecule has 0 bridgehead atoms. The van der Waals surface area contributed by atoms with Crippen LogP contribution in [0.1, 0.15) is 0 Å². The Bertz CT molecular complexity index is 389. The number of thioether (sulfide) groups is 1. The van der Waals surface area contributed by atoms with E-state index in [0.29, 0.717) is 0 Å². The second-order valence-corrected chi connectivity index (χ2v) is 4.92. The summed E-state index contributed by atoms with van der Waals surface area (Å²) in [6.07, 6.45) is 1.90. The van der Waals surface area contributed by atoms with Crippen molar-refractivity contribution in [1.29, 1.82) is 0 Å². The number of carbonyl (C=O) groups excluding carboxylic acids is 1. The van der Waals surface area contributed by atoms with Gasteiger partial charge in [-0.05, 0) is 0 Å². The molecule has 0 aliphatic carbocycles. The normalized spacial score (nSPS) is 22.9. The van der Waals surface area contributed by atoms with Crippen LogP contribution in [-0.4, -0.2) is 28.1 Å². The molecule has 0 unspecified atom stereocenters. The molecule has 76 valence electrons. The van der Waals surface area contributed by atoms with Gasteiger partial charge in [0, 0.05) is 30.3 Å². The first-order chi connectivity index (χ1) is 6.77. The van der Waals surface area contributed by atoms with Gasteiger partial charge < -0.3 is 4.57 Å². The fraction of sp³-hybridized carbons (Fsp3) is 0.500. The molecule has 1 N–H and O–H groups in total. The lowest BCUT2D eigenvalue weighted by Crippen LogP contribution is -2.33. The molecule has 1 aliphatic heterocycles. The van der Waals surface area contributed by atoms with Crippen molar-refractivity contribution in [3.63, 3.8) is 0 Å². The van der Waals surface area contributed by atoms with Gasteiger partial charge in [-0.1, -0.05) is 0 Å². The molecule has 1 saturated heterocycles. The Morgan fingerprint density at radius 2 is 2.64 bits per heavy atom. The van der Waals surface area contributed by atoms with Crippen LogP contribution in [0.5, 0.6) is 0 Å². The SMILES string of the molecule is Cn1ccsc1=NC(=O)[C@H]1CSCN1. The largest absolute Gasteiger partial charge is 0.327 e. The third kappa shape index (κ3) is 2.08. The van der Waals surface area contributed by atoms with Gasteiger partial charge in [0.1, 0.15) is 0 Å². The Hall–Kier alpha value is -0.590. The Morgan fingerprint density at radius 1 is 1.79 bits per heavy atom. The number of hydrogen-bond acceptors (Lipinski definition) is 4. The fourth-order valence-electron chi connectivity index (χ4n) is 1.16. The Morgan fingerprint density at radius 3 is 3.21 bits per heavy atom. The number of carbonyl (C=O) groups is 1. The van der Waals surface area contributed by atoms with Gasteiger partial charge in [0.2, 0.25) is 0 Å². The second kappa shape index (κ2) is 4.29. The highest BCUT2D eigenvalue weighted by Gasteiger charge is 2.21. The summed E-state index contributed by atoms with van der Waals surface area (Å²) in [7, 11) is 1.89. The van der Waals surface area contributed by atoms with Crippen molar-refractivity contribution in [2.24, 2.45) is 12.0 Å². The third-order valence-electron chi connectivity index (χ3n) is 1.98. The first kappa shape index (κ1) is 9.95. The highest BCUT2D eigenvalue weighted by Crippen LogP contribution is 2.10. The van der Waals surface area contributed by atoms with Crippen molar-refractivity contribution in [3.8, 4) is 0 Å². The molecule has 1 amide bonds. The molecule has 1 aliphatic rings. The molecule has 2 heterocycles. The number of rotatable bonds is 1. The van der Waals surface area contributed by atoms with Gasteiger partial charge in [-0.3, -0.25) is 10.1 Å². The molecule has 6 heteroatoms. The molecule has 0 aromatic carbocycles. The molecule has 1 aromatic rings. The monoisotopic (exact) mass is 229 g/mol. The van der Waals surface area contributed by atoms with Gasteiger partial charge in [-0.15, -0.1) is 23.1 Å². The van der Waals surface area contributed by atoms with Crippen LogP contribution < -0.4 is 10.1 Å². The summed E-state index contributed by atoms with van der Waals surface area (Å²) in [5, 5.41) is 5.02. The third-order valence-corrected chi connectivity index (χ3v) is 3.77. The van der Waals surface area contributed by atoms with Crippen molar-refractivity contribution in [2.45, 2.75) is 6.04 Å². The van der Waals surface area contributed by atoms with E-state index in [2.05, 4.69) is 10.3 Å². The average Bonchev–Trinajstić information content (AvgIpc) is 2.77. The van der Waals surface area contributed by atoms with E-state index in [1.54, 1.807) is 11.8 Å². The van der Waals surface area contributed by atoms with E-state index in [4.69, 9.17) is 0 Å². The zero-order valence-corrected chi connectivity index (χ0v) is 9.40. The molecule has 0 radical (unpaired) electrons. The molecule has 0 saturated carbocycles. The molecule has 0 spiro atoms. The molecule has 4 nitrogen and oxygen atoms in total. The van der Waals surface area contributed by atoms with Crippen LogP contribution in [0, 0.1) is 0 Å². The van der Waals surface area contributed by atoms with Gasteiger partial charge in [-0.2, -0.15) is 4.99 Å². The molecule has 1 atom stereocenters. The number of aromatic nitrogens is 1. The maximum atomic E-state index is 11.6. The minimum atomic E-state index is -0.0953. The van der Waals surface area contributed by atoms with Crippen molar-refractivity contribution in [1.82, 2.24) is 9.88 Å². The van der Waals surface area contributed by atoms with E-state index in [0.717, 1.165) is 16.4 Å². The van der Waals surface area contributed by atoms with E-state index in [9.17, 15) is 4.79 Å². The number of aryl methyl sites for hydroxylation is 1. The van der Waals surface area contributed by atoms with Crippen molar-refractivity contribution in [2.75, 3.05) is 11.6 Å². The first-order valence-corrected chi connectivity index (χ1v) is 6.30. The lowest BCUT2D eigenvalue weighted by molar-refractivity contribution is -0.119. The maximum Gasteiger partial charge on any atom is 0.266 e. The van der Waals surface area contributed by atoms with Crippen molar-refractivity contribution >= 4 is 29.0 Å². The van der Waals surface area contributed by atoms with E-state index in [1.165, 1.54) is 11.3 Å². The number of amides is 1. The Kier molecular flexibility index (Phi) is 3.05. The minimum absolute atomic E-state index is 0.0620. The van der Waals surface area contributed by atoms with Crippen molar-refractivity contribution < 1.29 is 4.79 Å². The van der Waals surface area contributed by atoms with E-state index >= 15 is 0 Å². The smallest absolute Gasteiger partial charge is 0.266 e. The predicted molar refractivity (Wildman–Crippen MR) is 58.1 cm³/mol. The zero-order valence-electron chi connectivity index (χ0n) is 7.77. The van der Waals surface area contributed by atoms with Crippen LogP contribution in [0.4, 0.5) is 0 Å². The summed E-state index contributed by atoms with van der Waals surface area (Å²) in [5.74, 6) is 1.62. The zero-order chi connectivity index (χ0) is 9.97. The van der Waals surface area contributed by atoms with Crippen LogP contribution in [-0.2, 0) is 11.8 Å². The number of hydrogen-bond donors (Lipinski definition) is 1. The Balaban J connectivity index is 2.17. The van der Waals surface area contributed by atoms with Crippen LogP contribution in [0.3, 0.4) is 0 Å². The van der Waals surface area contributed by atoms with Gasteiger partial charge in [0.25, 0.3) is 5.91 Å². The molecule has 1 aromatic heterocycles. The summed E-state index contributed by atoms with van der Waals surface area (Å²) < 4.78 is 1.85. The quantitative estimate of drug-likeness (QED) is 0.747. The van der Waals surface area contributed by atoms with Gasteiger partial charge in [0.15, 0.2) is 4.80 Å². The molecular weight excluding hydrogens is 218 g/mol. The number of nitrogens with zero attached hydrogens (tertiary/aromatic N) is 2. The van der Waals surface area contributed by atoms with Gasteiger partial charge in [-0.25, -0.2) is 0 Å². The van der Waals surface area contributed by atoms with Crippen LogP contribution in [0.15, 0.2) is 16.6 Å². The number of nitrogens with one attached hydrogen (secondary N) is 1. The highest BCUT2D eigenvalue weighted by atomic mass is 32.2. The molecule has 2 rings (SSSR count). The molecular formula is C8H11N3OS2. The van der Waals surface area contributed by atoms with E-state index in [-0.39, 0.29) is 11.9 Å². The van der Waals surface area contributed by atoms with Gasteiger partial charge >= 0.3 is 0 Å². The average molecular weight is 229 g/mol. The standard InChI is InChI=1S/C8H11N3OS2/c1-11-2-3-14-8(11)10-7(12)6-4-13-5-9-6/h2-3,6,9H,4-5H2,1H3/t6-/m1/s1. The fourth-order valence-corrected chi connectivity index (χ4v) is 2.83. The van der Waals surface area contributed by atoms with Crippen molar-refractivity contribution in [3.05, 3.63) is 16.4 Å². The second-order valence-electron chi connectivity index (χ2n) is 3.02. The maximum absolute atomic E-state index is 11.6. The lowest BCUT2D eigenvalue weighted by atomic mass is 10.3. The first-order valence-electron chi connectivity index (χ1n) is 4.27. The summed E-state index contributed by atoms with van der Waals surface area (Å²) in [5.41, 5.74) is 0. The number of thiazole rings is 1. The lowest BCUT2D eigenvalue weighted by Gasteiger charge is -2.01. The molecule has 14 heavy (non-hydrogen) atoms. The van der Waals surface area contributed by atoms with E-state index < -0.39 is 0 Å². The van der Waals surface area contributed by atoms with Gasteiger partial charge in [0.05, 0.1) is 6.04 Å².